The molecule has 0 aliphatic heterocycles. The summed E-state index contributed by atoms with van der Waals surface area (Å²) in [6.45, 7) is 1.82. The van der Waals surface area contributed by atoms with Gasteiger partial charge in [0.15, 0.2) is 5.69 Å². The Balaban J connectivity index is 1.71. The van der Waals surface area contributed by atoms with Gasteiger partial charge in [0.05, 0.1) is 4.92 Å². The number of halogens is 1. The topological polar surface area (TPSA) is 78.4 Å². The van der Waals surface area contributed by atoms with E-state index in [2.05, 4.69) is 5.16 Å². The molecule has 0 spiro atoms. The maximum absolute atomic E-state index is 12.9. The molecule has 0 atom stereocenters. The minimum absolute atomic E-state index is 0.0881. The molecule has 132 valence electrons. The molecular weight excluding hydrogens is 339 g/mol. The fourth-order valence-electron chi connectivity index (χ4n) is 2.34. The first-order chi connectivity index (χ1) is 12.5. The molecule has 0 aliphatic carbocycles. The minimum atomic E-state index is -0.520. The fraction of sp³-hybridized carbons (Fsp3) is 0.105. The predicted molar refractivity (Wildman–Crippen MR) is 94.0 cm³/mol. The summed E-state index contributed by atoms with van der Waals surface area (Å²) in [4.78, 5) is 10.5. The number of nitro groups is 1. The zero-order valence-corrected chi connectivity index (χ0v) is 13.9. The van der Waals surface area contributed by atoms with Crippen LogP contribution in [0.25, 0.3) is 12.2 Å². The van der Waals surface area contributed by atoms with Crippen molar-refractivity contribution in [2.45, 2.75) is 13.5 Å². The van der Waals surface area contributed by atoms with E-state index < -0.39 is 4.92 Å². The lowest BCUT2D eigenvalue weighted by Gasteiger charge is -2.07. The Hall–Kier alpha value is -3.48. The molecule has 0 saturated carbocycles. The fourth-order valence-corrected chi connectivity index (χ4v) is 2.34. The third-order valence-electron chi connectivity index (χ3n) is 3.64. The smallest absolute Gasteiger partial charge is 0.338 e. The molecule has 0 amide bonds. The molecule has 1 heterocycles. The third kappa shape index (κ3) is 4.13. The average molecular weight is 354 g/mol. The summed E-state index contributed by atoms with van der Waals surface area (Å²) in [5.41, 5.74) is 1.71. The van der Waals surface area contributed by atoms with Crippen molar-refractivity contribution in [3.8, 4) is 5.75 Å². The average Bonchev–Trinajstić information content (AvgIpc) is 3.01. The van der Waals surface area contributed by atoms with Gasteiger partial charge in [-0.15, -0.1) is 0 Å². The zero-order valence-electron chi connectivity index (χ0n) is 13.9. The van der Waals surface area contributed by atoms with Crippen molar-refractivity contribution in [3.63, 3.8) is 0 Å². The van der Waals surface area contributed by atoms with Crippen LogP contribution in [0.5, 0.6) is 5.75 Å². The van der Waals surface area contributed by atoms with Crippen LogP contribution >= 0.6 is 0 Å². The molecule has 0 aliphatic rings. The van der Waals surface area contributed by atoms with E-state index >= 15 is 0 Å². The molecule has 0 radical (unpaired) electrons. The predicted octanol–water partition coefficient (Wildman–Crippen LogP) is 4.78. The summed E-state index contributed by atoms with van der Waals surface area (Å²) in [5.74, 6) is 0.419. The van der Waals surface area contributed by atoms with Gasteiger partial charge in [-0.3, -0.25) is 10.1 Å². The maximum Gasteiger partial charge on any atom is 0.338 e. The Labute approximate surface area is 148 Å². The SMILES string of the molecule is Cc1noc(C=Cc2cccc(OCc3ccc(F)cc3)c2)c1[N+](=O)[O-]. The molecule has 0 unspecified atom stereocenters. The van der Waals surface area contributed by atoms with Crippen LogP contribution in [0.2, 0.25) is 0 Å². The molecule has 0 saturated heterocycles. The van der Waals surface area contributed by atoms with Gasteiger partial charge in [0.1, 0.15) is 18.2 Å². The normalized spacial score (nSPS) is 11.0. The molecule has 0 bridgehead atoms. The largest absolute Gasteiger partial charge is 0.489 e. The van der Waals surface area contributed by atoms with Crippen molar-refractivity contribution < 1.29 is 18.6 Å². The second-order valence-corrected chi connectivity index (χ2v) is 5.56. The highest BCUT2D eigenvalue weighted by molar-refractivity contribution is 5.72. The van der Waals surface area contributed by atoms with E-state index in [1.165, 1.54) is 25.1 Å². The number of hydrogen-bond acceptors (Lipinski definition) is 5. The van der Waals surface area contributed by atoms with Crippen LogP contribution in [0.4, 0.5) is 10.1 Å². The quantitative estimate of drug-likeness (QED) is 0.470. The maximum atomic E-state index is 12.9. The van der Waals surface area contributed by atoms with Gasteiger partial charge in [-0.2, -0.15) is 0 Å². The van der Waals surface area contributed by atoms with Crippen LogP contribution in [0.15, 0.2) is 53.1 Å². The number of rotatable bonds is 6. The molecule has 3 rings (SSSR count). The van der Waals surface area contributed by atoms with Crippen molar-refractivity contribution in [3.05, 3.63) is 87.0 Å². The van der Waals surface area contributed by atoms with E-state index in [9.17, 15) is 14.5 Å². The molecule has 3 aromatic rings. The summed E-state index contributed by atoms with van der Waals surface area (Å²) in [5, 5.41) is 14.7. The molecule has 1 aromatic heterocycles. The third-order valence-corrected chi connectivity index (χ3v) is 3.64. The lowest BCUT2D eigenvalue weighted by atomic mass is 10.2. The van der Waals surface area contributed by atoms with Crippen molar-refractivity contribution >= 4 is 17.8 Å². The van der Waals surface area contributed by atoms with Gasteiger partial charge in [-0.05, 0) is 48.4 Å². The molecule has 0 fully saturated rings. The first-order valence-corrected chi connectivity index (χ1v) is 7.79. The second kappa shape index (κ2) is 7.60. The van der Waals surface area contributed by atoms with Gasteiger partial charge in [0.2, 0.25) is 5.76 Å². The first-order valence-electron chi connectivity index (χ1n) is 7.79. The number of benzene rings is 2. The number of nitrogens with zero attached hydrogens (tertiary/aromatic N) is 2. The molecular formula is C19H15FN2O4. The van der Waals surface area contributed by atoms with E-state index in [0.717, 1.165) is 11.1 Å². The van der Waals surface area contributed by atoms with Gasteiger partial charge in [0, 0.05) is 0 Å². The number of aryl methyl sites for hydroxylation is 1. The molecule has 26 heavy (non-hydrogen) atoms. The van der Waals surface area contributed by atoms with E-state index in [-0.39, 0.29) is 23.0 Å². The van der Waals surface area contributed by atoms with Crippen molar-refractivity contribution in [2.24, 2.45) is 0 Å². The van der Waals surface area contributed by atoms with E-state index in [4.69, 9.17) is 9.26 Å². The van der Waals surface area contributed by atoms with Gasteiger partial charge >= 0.3 is 5.69 Å². The zero-order chi connectivity index (χ0) is 18.5. The van der Waals surface area contributed by atoms with Crippen LogP contribution in [-0.2, 0) is 6.61 Å². The monoisotopic (exact) mass is 354 g/mol. The summed E-state index contributed by atoms with van der Waals surface area (Å²) >= 11 is 0. The Kier molecular flexibility index (Phi) is 5.07. The Morgan fingerprint density at radius 1 is 1.23 bits per heavy atom. The van der Waals surface area contributed by atoms with Gasteiger partial charge < -0.3 is 9.26 Å². The number of aromatic nitrogens is 1. The highest BCUT2D eigenvalue weighted by Crippen LogP contribution is 2.25. The lowest BCUT2D eigenvalue weighted by molar-refractivity contribution is -0.386. The van der Waals surface area contributed by atoms with Crippen LogP contribution in [-0.4, -0.2) is 10.1 Å². The number of hydrogen-bond donors (Lipinski definition) is 0. The van der Waals surface area contributed by atoms with Crippen LogP contribution < -0.4 is 4.74 Å². The van der Waals surface area contributed by atoms with Crippen molar-refractivity contribution in [2.75, 3.05) is 0 Å². The molecule has 2 aromatic carbocycles. The van der Waals surface area contributed by atoms with Crippen LogP contribution in [0.3, 0.4) is 0 Å². The highest BCUT2D eigenvalue weighted by atomic mass is 19.1. The standard InChI is InChI=1S/C19H15FN2O4/c1-13-19(22(23)24)18(26-21-13)10-7-14-3-2-4-17(11-14)25-12-15-5-8-16(20)9-6-15/h2-11H,12H2,1H3. The molecule has 0 N–H and O–H groups in total. The van der Waals surface area contributed by atoms with Crippen LogP contribution in [0.1, 0.15) is 22.6 Å². The Bertz CT molecular complexity index is 948. The second-order valence-electron chi connectivity index (χ2n) is 5.56. The van der Waals surface area contributed by atoms with E-state index in [1.54, 1.807) is 36.4 Å². The summed E-state index contributed by atoms with van der Waals surface area (Å²) < 4.78 is 23.6. The van der Waals surface area contributed by atoms with E-state index in [0.29, 0.717) is 12.4 Å². The first kappa shape index (κ1) is 17.3. The molecule has 7 heteroatoms. The lowest BCUT2D eigenvalue weighted by Crippen LogP contribution is -1.95. The summed E-state index contributed by atoms with van der Waals surface area (Å²) in [7, 11) is 0. The Morgan fingerprint density at radius 3 is 2.73 bits per heavy atom. The minimum Gasteiger partial charge on any atom is -0.489 e. The van der Waals surface area contributed by atoms with Gasteiger partial charge in [-0.25, -0.2) is 4.39 Å². The summed E-state index contributed by atoms with van der Waals surface area (Å²) in [6.07, 6.45) is 3.18. The van der Waals surface area contributed by atoms with Crippen molar-refractivity contribution in [1.29, 1.82) is 0 Å². The van der Waals surface area contributed by atoms with Crippen LogP contribution in [0, 0.1) is 22.9 Å². The van der Waals surface area contributed by atoms with E-state index in [1.807, 2.05) is 6.07 Å². The Morgan fingerprint density at radius 2 is 2.00 bits per heavy atom. The van der Waals surface area contributed by atoms with Gasteiger partial charge in [-0.1, -0.05) is 35.5 Å². The molecule has 6 nitrogen and oxygen atoms in total. The number of ether oxygens (including phenoxy) is 1. The van der Waals surface area contributed by atoms with Gasteiger partial charge in [0.25, 0.3) is 0 Å². The highest BCUT2D eigenvalue weighted by Gasteiger charge is 2.21. The van der Waals surface area contributed by atoms with Crippen molar-refractivity contribution in [1.82, 2.24) is 5.16 Å². The summed E-state index contributed by atoms with van der Waals surface area (Å²) in [6, 6.07) is 13.3.